The number of halogens is 1. The number of aryl methyl sites for hydroxylation is 1. The molecule has 0 atom stereocenters. The van der Waals surface area contributed by atoms with Crippen LogP contribution in [0.4, 0.5) is 11.4 Å². The number of nitro groups is 1. The standard InChI is InChI=1S/C20H18ClN3O5/c1-4-29-19-16(21)8-13(9-18(19)28-3)7-14(11-22)20(25)23-17-10-15(24(26)27)6-5-12(17)2/h5-10H,4H2,1-3H3,(H,23,25)/b14-7+. The van der Waals surface area contributed by atoms with Crippen LogP contribution in [0.3, 0.4) is 0 Å². The monoisotopic (exact) mass is 415 g/mol. The van der Waals surface area contributed by atoms with Crippen molar-refractivity contribution in [2.45, 2.75) is 13.8 Å². The third kappa shape index (κ3) is 5.24. The minimum absolute atomic E-state index is 0.170. The van der Waals surface area contributed by atoms with Crippen molar-refractivity contribution in [3.05, 3.63) is 62.2 Å². The minimum Gasteiger partial charge on any atom is -0.493 e. The smallest absolute Gasteiger partial charge is 0.271 e. The number of anilines is 1. The molecule has 8 nitrogen and oxygen atoms in total. The molecular formula is C20H18ClN3O5. The molecule has 0 aromatic heterocycles. The van der Waals surface area contributed by atoms with E-state index in [1.165, 1.54) is 37.5 Å². The number of benzene rings is 2. The molecule has 9 heteroatoms. The Kier molecular flexibility index (Phi) is 7.17. The molecular weight excluding hydrogens is 398 g/mol. The van der Waals surface area contributed by atoms with Gasteiger partial charge in [-0.25, -0.2) is 0 Å². The number of nitriles is 1. The van der Waals surface area contributed by atoms with Gasteiger partial charge in [-0.1, -0.05) is 17.7 Å². The van der Waals surface area contributed by atoms with Crippen LogP contribution in [-0.4, -0.2) is 24.5 Å². The molecule has 0 fully saturated rings. The third-order valence-electron chi connectivity index (χ3n) is 3.90. The van der Waals surface area contributed by atoms with Gasteiger partial charge in [-0.15, -0.1) is 0 Å². The van der Waals surface area contributed by atoms with E-state index in [1.54, 1.807) is 19.9 Å². The van der Waals surface area contributed by atoms with Gasteiger partial charge in [-0.05, 0) is 43.2 Å². The third-order valence-corrected chi connectivity index (χ3v) is 4.18. The van der Waals surface area contributed by atoms with Crippen LogP contribution >= 0.6 is 11.6 Å². The predicted octanol–water partition coefficient (Wildman–Crippen LogP) is 4.51. The number of rotatable bonds is 7. The normalized spacial score (nSPS) is 10.8. The summed E-state index contributed by atoms with van der Waals surface area (Å²) in [5.41, 5.74) is 0.937. The average Bonchev–Trinajstić information content (AvgIpc) is 2.69. The molecule has 1 amide bonds. The van der Waals surface area contributed by atoms with Crippen LogP contribution in [0.15, 0.2) is 35.9 Å². The van der Waals surface area contributed by atoms with Crippen molar-refractivity contribution >= 4 is 35.0 Å². The van der Waals surface area contributed by atoms with E-state index < -0.39 is 10.8 Å². The second-order valence-corrected chi connectivity index (χ2v) is 6.25. The van der Waals surface area contributed by atoms with E-state index in [0.29, 0.717) is 29.2 Å². The zero-order valence-electron chi connectivity index (χ0n) is 16.0. The van der Waals surface area contributed by atoms with Gasteiger partial charge in [-0.2, -0.15) is 5.26 Å². The first-order chi connectivity index (χ1) is 13.8. The fraction of sp³-hybridized carbons (Fsp3) is 0.200. The molecule has 0 unspecified atom stereocenters. The molecule has 0 spiro atoms. The Morgan fingerprint density at radius 3 is 2.69 bits per heavy atom. The fourth-order valence-corrected chi connectivity index (χ4v) is 2.74. The lowest BCUT2D eigenvalue weighted by atomic mass is 10.1. The van der Waals surface area contributed by atoms with Gasteiger partial charge in [0.1, 0.15) is 11.6 Å². The first kappa shape index (κ1) is 21.7. The van der Waals surface area contributed by atoms with Crippen LogP contribution in [-0.2, 0) is 4.79 Å². The maximum absolute atomic E-state index is 12.5. The molecule has 0 saturated heterocycles. The second-order valence-electron chi connectivity index (χ2n) is 5.85. The maximum Gasteiger partial charge on any atom is 0.271 e. The van der Waals surface area contributed by atoms with E-state index in [9.17, 15) is 20.2 Å². The van der Waals surface area contributed by atoms with Gasteiger partial charge in [-0.3, -0.25) is 14.9 Å². The summed E-state index contributed by atoms with van der Waals surface area (Å²) in [4.78, 5) is 22.9. The fourth-order valence-electron chi connectivity index (χ4n) is 2.47. The number of carbonyl (C=O) groups is 1. The summed E-state index contributed by atoms with van der Waals surface area (Å²) in [6.07, 6.45) is 1.34. The molecule has 1 N–H and O–H groups in total. The van der Waals surface area contributed by atoms with Crippen molar-refractivity contribution in [2.24, 2.45) is 0 Å². The first-order valence-electron chi connectivity index (χ1n) is 8.49. The van der Waals surface area contributed by atoms with Crippen LogP contribution < -0.4 is 14.8 Å². The van der Waals surface area contributed by atoms with Crippen LogP contribution in [0.25, 0.3) is 6.08 Å². The van der Waals surface area contributed by atoms with Crippen molar-refractivity contribution in [3.63, 3.8) is 0 Å². The average molecular weight is 416 g/mol. The van der Waals surface area contributed by atoms with Crippen molar-refractivity contribution in [1.82, 2.24) is 0 Å². The zero-order valence-corrected chi connectivity index (χ0v) is 16.7. The van der Waals surface area contributed by atoms with Crippen molar-refractivity contribution in [3.8, 4) is 17.6 Å². The van der Waals surface area contributed by atoms with E-state index in [1.807, 2.05) is 6.07 Å². The predicted molar refractivity (Wildman–Crippen MR) is 109 cm³/mol. The molecule has 0 saturated carbocycles. The lowest BCUT2D eigenvalue weighted by Gasteiger charge is -2.12. The van der Waals surface area contributed by atoms with Gasteiger partial charge in [0.15, 0.2) is 11.5 Å². The number of hydrogen-bond donors (Lipinski definition) is 1. The number of non-ortho nitro benzene ring substituents is 1. The van der Waals surface area contributed by atoms with E-state index in [-0.39, 0.29) is 22.0 Å². The Balaban J connectivity index is 2.36. The van der Waals surface area contributed by atoms with Gasteiger partial charge in [0.05, 0.1) is 29.4 Å². The summed E-state index contributed by atoms with van der Waals surface area (Å²) in [6.45, 7) is 3.88. The molecule has 29 heavy (non-hydrogen) atoms. The number of hydrogen-bond acceptors (Lipinski definition) is 6. The Morgan fingerprint density at radius 2 is 2.10 bits per heavy atom. The highest BCUT2D eigenvalue weighted by Gasteiger charge is 2.16. The molecule has 150 valence electrons. The Bertz CT molecular complexity index is 1030. The van der Waals surface area contributed by atoms with E-state index in [4.69, 9.17) is 21.1 Å². The molecule has 2 aromatic carbocycles. The molecule has 0 radical (unpaired) electrons. The van der Waals surface area contributed by atoms with Crippen molar-refractivity contribution < 1.29 is 19.2 Å². The van der Waals surface area contributed by atoms with Crippen LogP contribution in [0, 0.1) is 28.4 Å². The van der Waals surface area contributed by atoms with Gasteiger partial charge < -0.3 is 14.8 Å². The number of nitrogens with one attached hydrogen (secondary N) is 1. The largest absolute Gasteiger partial charge is 0.493 e. The zero-order chi connectivity index (χ0) is 21.6. The second kappa shape index (κ2) is 9.57. The number of nitro benzene ring substituents is 1. The van der Waals surface area contributed by atoms with Crippen LogP contribution in [0.1, 0.15) is 18.1 Å². The first-order valence-corrected chi connectivity index (χ1v) is 8.87. The highest BCUT2D eigenvalue weighted by molar-refractivity contribution is 6.32. The van der Waals surface area contributed by atoms with Gasteiger partial charge in [0, 0.05) is 12.1 Å². The quantitative estimate of drug-likeness (QED) is 0.308. The Morgan fingerprint density at radius 1 is 1.38 bits per heavy atom. The molecule has 0 aliphatic rings. The summed E-state index contributed by atoms with van der Waals surface area (Å²) in [7, 11) is 1.45. The Labute approximate surface area is 172 Å². The maximum atomic E-state index is 12.5. The number of ether oxygens (including phenoxy) is 2. The van der Waals surface area contributed by atoms with Gasteiger partial charge in [0.25, 0.3) is 11.6 Å². The molecule has 2 aromatic rings. The Hall–Kier alpha value is -3.57. The van der Waals surface area contributed by atoms with E-state index in [0.717, 1.165) is 0 Å². The molecule has 0 aliphatic heterocycles. The highest BCUT2D eigenvalue weighted by Crippen LogP contribution is 2.37. The molecule has 0 heterocycles. The van der Waals surface area contributed by atoms with Gasteiger partial charge in [0.2, 0.25) is 0 Å². The van der Waals surface area contributed by atoms with E-state index in [2.05, 4.69) is 5.32 Å². The van der Waals surface area contributed by atoms with E-state index >= 15 is 0 Å². The summed E-state index contributed by atoms with van der Waals surface area (Å²) >= 11 is 6.21. The van der Waals surface area contributed by atoms with Crippen LogP contribution in [0.2, 0.25) is 5.02 Å². The summed E-state index contributed by atoms with van der Waals surface area (Å²) in [6, 6.07) is 9.03. The van der Waals surface area contributed by atoms with Gasteiger partial charge >= 0.3 is 0 Å². The number of methoxy groups -OCH3 is 1. The number of carbonyl (C=O) groups excluding carboxylic acids is 1. The SMILES string of the molecule is CCOc1c(Cl)cc(/C=C(\C#N)C(=O)Nc2cc([N+](=O)[O-])ccc2C)cc1OC. The van der Waals surface area contributed by atoms with Crippen molar-refractivity contribution in [1.29, 1.82) is 5.26 Å². The molecule has 0 aliphatic carbocycles. The number of amides is 1. The topological polar surface area (TPSA) is 114 Å². The lowest BCUT2D eigenvalue weighted by Crippen LogP contribution is -2.14. The van der Waals surface area contributed by atoms with Crippen LogP contribution in [0.5, 0.6) is 11.5 Å². The number of nitrogens with zero attached hydrogens (tertiary/aromatic N) is 2. The van der Waals surface area contributed by atoms with Crippen molar-refractivity contribution in [2.75, 3.05) is 19.0 Å². The highest BCUT2D eigenvalue weighted by atomic mass is 35.5. The minimum atomic E-state index is -0.708. The lowest BCUT2D eigenvalue weighted by molar-refractivity contribution is -0.384. The summed E-state index contributed by atoms with van der Waals surface area (Å²) in [5.74, 6) is 0.0156. The molecule has 2 rings (SSSR count). The summed E-state index contributed by atoms with van der Waals surface area (Å²) < 4.78 is 10.7. The summed E-state index contributed by atoms with van der Waals surface area (Å²) in [5, 5.41) is 23.1. The molecule has 0 bridgehead atoms.